The van der Waals surface area contributed by atoms with Crippen LogP contribution in [0.4, 0.5) is 5.95 Å². The van der Waals surface area contributed by atoms with Crippen LogP contribution in [0.15, 0.2) is 12.4 Å². The molecule has 0 saturated carbocycles. The maximum absolute atomic E-state index is 11.8. The number of rotatable bonds is 2. The maximum atomic E-state index is 11.8. The van der Waals surface area contributed by atoms with Gasteiger partial charge in [-0.15, -0.1) is 0 Å². The SMILES string of the molecule is C[C@@H]1CN(c2ncc(C(=O)N(C)C)cn2)C[C@H](C)N1. The number of amides is 1. The largest absolute Gasteiger partial charge is 0.345 e. The first-order valence-corrected chi connectivity index (χ1v) is 6.52. The van der Waals surface area contributed by atoms with Gasteiger partial charge >= 0.3 is 0 Å². The molecule has 1 aromatic heterocycles. The third-order valence-electron chi connectivity index (χ3n) is 3.13. The number of carbonyl (C=O) groups excluding carboxylic acids is 1. The highest BCUT2D eigenvalue weighted by Crippen LogP contribution is 2.12. The summed E-state index contributed by atoms with van der Waals surface area (Å²) in [6.45, 7) is 6.05. The molecule has 1 aliphatic heterocycles. The van der Waals surface area contributed by atoms with Crippen LogP contribution in [0.2, 0.25) is 0 Å². The van der Waals surface area contributed by atoms with Gasteiger partial charge in [-0.05, 0) is 13.8 Å². The Bertz CT molecular complexity index is 435. The molecule has 0 aliphatic carbocycles. The first kappa shape index (κ1) is 13.7. The van der Waals surface area contributed by atoms with E-state index in [-0.39, 0.29) is 5.91 Å². The minimum absolute atomic E-state index is 0.0754. The van der Waals surface area contributed by atoms with Crippen molar-refractivity contribution in [3.05, 3.63) is 18.0 Å². The molecule has 1 aliphatic rings. The summed E-state index contributed by atoms with van der Waals surface area (Å²) >= 11 is 0. The van der Waals surface area contributed by atoms with E-state index in [1.165, 1.54) is 4.90 Å². The minimum Gasteiger partial charge on any atom is -0.345 e. The van der Waals surface area contributed by atoms with Gasteiger partial charge in [0.2, 0.25) is 5.95 Å². The topological polar surface area (TPSA) is 61.4 Å². The van der Waals surface area contributed by atoms with Crippen molar-refractivity contribution in [1.29, 1.82) is 0 Å². The number of piperazine rings is 1. The van der Waals surface area contributed by atoms with E-state index in [9.17, 15) is 4.79 Å². The van der Waals surface area contributed by atoms with Crippen LogP contribution in [0.1, 0.15) is 24.2 Å². The highest BCUT2D eigenvalue weighted by Gasteiger charge is 2.22. The Balaban J connectivity index is 2.12. The van der Waals surface area contributed by atoms with E-state index >= 15 is 0 Å². The van der Waals surface area contributed by atoms with Crippen LogP contribution in [-0.2, 0) is 0 Å². The number of anilines is 1. The van der Waals surface area contributed by atoms with E-state index in [1.807, 2.05) is 0 Å². The Morgan fingerprint density at radius 2 is 1.79 bits per heavy atom. The molecule has 2 rings (SSSR count). The predicted molar refractivity (Wildman–Crippen MR) is 74.3 cm³/mol. The lowest BCUT2D eigenvalue weighted by Crippen LogP contribution is -2.54. The van der Waals surface area contributed by atoms with Crippen LogP contribution in [0.5, 0.6) is 0 Å². The van der Waals surface area contributed by atoms with Crippen LogP contribution in [0.25, 0.3) is 0 Å². The Morgan fingerprint density at radius 1 is 1.26 bits per heavy atom. The average molecular weight is 263 g/mol. The normalized spacial score (nSPS) is 23.3. The monoisotopic (exact) mass is 263 g/mol. The van der Waals surface area contributed by atoms with Gasteiger partial charge in [-0.2, -0.15) is 0 Å². The van der Waals surface area contributed by atoms with Crippen molar-refractivity contribution >= 4 is 11.9 Å². The molecule has 0 radical (unpaired) electrons. The molecule has 19 heavy (non-hydrogen) atoms. The first-order valence-electron chi connectivity index (χ1n) is 6.52. The number of hydrogen-bond donors (Lipinski definition) is 1. The Kier molecular flexibility index (Phi) is 3.99. The first-order chi connectivity index (χ1) is 8.97. The number of aromatic nitrogens is 2. The predicted octanol–water partition coefficient (Wildman–Crippen LogP) is 0.365. The van der Waals surface area contributed by atoms with Gasteiger partial charge in [0, 0.05) is 51.7 Å². The molecule has 1 aromatic rings. The lowest BCUT2D eigenvalue weighted by molar-refractivity contribution is 0.0827. The fourth-order valence-corrected chi connectivity index (χ4v) is 2.34. The second-order valence-corrected chi connectivity index (χ2v) is 5.35. The Morgan fingerprint density at radius 3 is 2.26 bits per heavy atom. The van der Waals surface area contributed by atoms with Crippen molar-refractivity contribution in [2.75, 3.05) is 32.1 Å². The summed E-state index contributed by atoms with van der Waals surface area (Å²) in [5.74, 6) is 0.615. The molecule has 0 bridgehead atoms. The van der Waals surface area contributed by atoms with Crippen LogP contribution in [0.3, 0.4) is 0 Å². The van der Waals surface area contributed by atoms with Gasteiger partial charge in [0.15, 0.2) is 0 Å². The second-order valence-electron chi connectivity index (χ2n) is 5.35. The highest BCUT2D eigenvalue weighted by molar-refractivity contribution is 5.93. The van der Waals surface area contributed by atoms with Crippen molar-refractivity contribution in [1.82, 2.24) is 20.2 Å². The van der Waals surface area contributed by atoms with E-state index in [0.29, 0.717) is 23.6 Å². The molecule has 1 saturated heterocycles. The molecule has 1 amide bonds. The zero-order chi connectivity index (χ0) is 14.0. The van der Waals surface area contributed by atoms with E-state index < -0.39 is 0 Å². The standard InChI is InChI=1S/C13H21N5O/c1-9-7-18(8-10(2)16-9)13-14-5-11(6-15-13)12(19)17(3)4/h5-6,9-10,16H,7-8H2,1-4H3/t9-,10+. The summed E-state index contributed by atoms with van der Waals surface area (Å²) in [4.78, 5) is 24.1. The third kappa shape index (κ3) is 3.20. The van der Waals surface area contributed by atoms with Crippen LogP contribution < -0.4 is 10.2 Å². The van der Waals surface area contributed by atoms with Crippen molar-refractivity contribution in [2.45, 2.75) is 25.9 Å². The lowest BCUT2D eigenvalue weighted by atomic mass is 10.1. The van der Waals surface area contributed by atoms with Gasteiger partial charge < -0.3 is 15.1 Å². The molecule has 0 spiro atoms. The van der Waals surface area contributed by atoms with Gasteiger partial charge in [-0.25, -0.2) is 9.97 Å². The molecule has 104 valence electrons. The molecule has 6 heteroatoms. The van der Waals surface area contributed by atoms with E-state index in [1.54, 1.807) is 26.5 Å². The highest BCUT2D eigenvalue weighted by atomic mass is 16.2. The van der Waals surface area contributed by atoms with Gasteiger partial charge in [0.25, 0.3) is 5.91 Å². The smallest absolute Gasteiger partial charge is 0.256 e. The third-order valence-corrected chi connectivity index (χ3v) is 3.13. The minimum atomic E-state index is -0.0754. The van der Waals surface area contributed by atoms with E-state index in [4.69, 9.17) is 0 Å². The van der Waals surface area contributed by atoms with Crippen molar-refractivity contribution < 1.29 is 4.79 Å². The fourth-order valence-electron chi connectivity index (χ4n) is 2.34. The fraction of sp³-hybridized carbons (Fsp3) is 0.615. The molecule has 2 atom stereocenters. The van der Waals surface area contributed by atoms with Crippen LogP contribution in [-0.4, -0.2) is 60.0 Å². The summed E-state index contributed by atoms with van der Waals surface area (Å²) in [7, 11) is 3.44. The van der Waals surface area contributed by atoms with Crippen LogP contribution in [0, 0.1) is 0 Å². The molecule has 0 aromatic carbocycles. The van der Waals surface area contributed by atoms with Gasteiger partial charge in [0.1, 0.15) is 0 Å². The van der Waals surface area contributed by atoms with Crippen molar-refractivity contribution in [3.63, 3.8) is 0 Å². The number of hydrogen-bond acceptors (Lipinski definition) is 5. The van der Waals surface area contributed by atoms with Gasteiger partial charge in [-0.1, -0.05) is 0 Å². The molecular weight excluding hydrogens is 242 g/mol. The van der Waals surface area contributed by atoms with Gasteiger partial charge in [-0.3, -0.25) is 4.79 Å². The zero-order valence-electron chi connectivity index (χ0n) is 11.9. The molecular formula is C13H21N5O. The molecule has 0 unspecified atom stereocenters. The maximum Gasteiger partial charge on any atom is 0.256 e. The van der Waals surface area contributed by atoms with E-state index in [2.05, 4.69) is 34.0 Å². The number of nitrogens with zero attached hydrogens (tertiary/aromatic N) is 4. The number of carbonyl (C=O) groups is 1. The summed E-state index contributed by atoms with van der Waals surface area (Å²) in [5, 5.41) is 3.47. The quantitative estimate of drug-likeness (QED) is 0.835. The van der Waals surface area contributed by atoms with E-state index in [0.717, 1.165) is 13.1 Å². The molecule has 6 nitrogen and oxygen atoms in total. The molecule has 1 N–H and O–H groups in total. The average Bonchev–Trinajstić information content (AvgIpc) is 2.37. The molecule has 1 fully saturated rings. The van der Waals surface area contributed by atoms with Gasteiger partial charge in [0.05, 0.1) is 5.56 Å². The summed E-state index contributed by atoms with van der Waals surface area (Å²) < 4.78 is 0. The van der Waals surface area contributed by atoms with Crippen molar-refractivity contribution in [3.8, 4) is 0 Å². The Hall–Kier alpha value is -1.69. The number of nitrogens with one attached hydrogen (secondary N) is 1. The van der Waals surface area contributed by atoms with Crippen molar-refractivity contribution in [2.24, 2.45) is 0 Å². The summed E-state index contributed by atoms with van der Waals surface area (Å²) in [6, 6.07) is 0.825. The Labute approximate surface area is 113 Å². The summed E-state index contributed by atoms with van der Waals surface area (Å²) in [6.07, 6.45) is 3.20. The lowest BCUT2D eigenvalue weighted by Gasteiger charge is -2.36. The zero-order valence-corrected chi connectivity index (χ0v) is 11.9. The summed E-state index contributed by atoms with van der Waals surface area (Å²) in [5.41, 5.74) is 0.519. The second kappa shape index (κ2) is 5.52. The van der Waals surface area contributed by atoms with Crippen LogP contribution >= 0.6 is 0 Å². The molecule has 2 heterocycles.